The summed E-state index contributed by atoms with van der Waals surface area (Å²) in [6.07, 6.45) is -3.18. The van der Waals surface area contributed by atoms with Gasteiger partial charge in [0.05, 0.1) is 28.7 Å². The van der Waals surface area contributed by atoms with Crippen molar-refractivity contribution in [3.63, 3.8) is 0 Å². The van der Waals surface area contributed by atoms with E-state index in [-0.39, 0.29) is 16.8 Å². The molecule has 6 nitrogen and oxygen atoms in total. The van der Waals surface area contributed by atoms with Crippen LogP contribution in [0.4, 0.5) is 13.2 Å². The molecular weight excluding hydrogens is 333 g/mol. The number of aromatic nitrogens is 2. The van der Waals surface area contributed by atoms with E-state index in [1.807, 2.05) is 0 Å². The number of aryl methyl sites for hydroxylation is 1. The summed E-state index contributed by atoms with van der Waals surface area (Å²) in [5.41, 5.74) is 10.5. The van der Waals surface area contributed by atoms with Crippen molar-refractivity contribution in [2.75, 3.05) is 0 Å². The van der Waals surface area contributed by atoms with Crippen LogP contribution < -0.4 is 11.5 Å². The Labute approximate surface area is 134 Å². The lowest BCUT2D eigenvalue weighted by Crippen LogP contribution is -2.21. The maximum absolute atomic E-state index is 12.8. The van der Waals surface area contributed by atoms with Crippen molar-refractivity contribution in [1.82, 2.24) is 9.78 Å². The molecule has 0 saturated carbocycles. The summed E-state index contributed by atoms with van der Waals surface area (Å²) in [5, 5.41) is 11.3. The lowest BCUT2D eigenvalue weighted by atomic mass is 10.2. The molecule has 1 heterocycles. The second kappa shape index (κ2) is 6.29. The summed E-state index contributed by atoms with van der Waals surface area (Å²) in [6.45, 7) is 1.63. The molecular formula is C13H12ClF3N6. The van der Waals surface area contributed by atoms with Crippen molar-refractivity contribution >= 4 is 23.8 Å². The second-order valence-electron chi connectivity index (χ2n) is 4.52. The van der Waals surface area contributed by atoms with E-state index in [2.05, 4.69) is 15.3 Å². The number of guanidine groups is 1. The van der Waals surface area contributed by atoms with Gasteiger partial charge in [-0.3, -0.25) is 0 Å². The molecule has 10 heteroatoms. The van der Waals surface area contributed by atoms with Crippen LogP contribution in [0.5, 0.6) is 0 Å². The Morgan fingerprint density at radius 2 is 2.04 bits per heavy atom. The Bertz CT molecular complexity index is 775. The summed E-state index contributed by atoms with van der Waals surface area (Å²) in [6, 6.07) is 4.66. The first-order chi connectivity index (χ1) is 10.7. The minimum absolute atomic E-state index is 0.0939. The Kier molecular flexibility index (Phi) is 4.60. The molecule has 1 aromatic carbocycles. The molecule has 0 fully saturated rings. The van der Waals surface area contributed by atoms with Gasteiger partial charge in [-0.25, -0.2) is 4.68 Å². The molecule has 0 aliphatic heterocycles. The lowest BCUT2D eigenvalue weighted by molar-refractivity contribution is -0.137. The van der Waals surface area contributed by atoms with Crippen LogP contribution in [0, 0.1) is 6.92 Å². The number of nitrogens with zero attached hydrogens (tertiary/aromatic N) is 4. The number of nitrogens with two attached hydrogens (primary N) is 2. The third kappa shape index (κ3) is 3.81. The molecule has 0 bridgehead atoms. The zero-order chi connectivity index (χ0) is 17.2. The fourth-order valence-electron chi connectivity index (χ4n) is 1.80. The van der Waals surface area contributed by atoms with Crippen LogP contribution in [0.3, 0.4) is 0 Å². The Balaban J connectivity index is 2.46. The third-order valence-corrected chi connectivity index (χ3v) is 3.19. The molecule has 23 heavy (non-hydrogen) atoms. The molecule has 122 valence electrons. The first-order valence-electron chi connectivity index (χ1n) is 6.25. The maximum atomic E-state index is 12.8. The quantitative estimate of drug-likeness (QED) is 0.508. The molecule has 0 unspecified atom stereocenters. The van der Waals surface area contributed by atoms with Crippen LogP contribution >= 0.6 is 11.6 Å². The minimum atomic E-state index is -4.46. The minimum Gasteiger partial charge on any atom is -0.369 e. The third-order valence-electron chi connectivity index (χ3n) is 2.83. The van der Waals surface area contributed by atoms with Crippen molar-refractivity contribution in [2.24, 2.45) is 21.7 Å². The normalized spacial score (nSPS) is 11.9. The molecule has 0 spiro atoms. The van der Waals surface area contributed by atoms with E-state index in [0.717, 1.165) is 12.1 Å². The SMILES string of the molecule is Cc1nn(-c2cccc(C(F)(F)F)c2)c(Cl)c1C=NN=C(N)N. The standard InChI is InChI=1S/C13H12ClF3N6/c1-7-10(6-20-21-12(18)19)11(14)23(22-7)9-4-2-3-8(5-9)13(15,16)17/h2-6H,1H3,(H4,18,19,21). The number of alkyl halides is 3. The van der Waals surface area contributed by atoms with Gasteiger partial charge in [-0.05, 0) is 25.1 Å². The molecule has 0 aliphatic carbocycles. The van der Waals surface area contributed by atoms with Gasteiger partial charge in [-0.15, -0.1) is 5.10 Å². The van der Waals surface area contributed by atoms with E-state index in [4.69, 9.17) is 23.1 Å². The number of benzene rings is 1. The van der Waals surface area contributed by atoms with Crippen molar-refractivity contribution in [3.05, 3.63) is 46.2 Å². The topological polar surface area (TPSA) is 94.6 Å². The Morgan fingerprint density at radius 3 is 2.65 bits per heavy atom. The lowest BCUT2D eigenvalue weighted by Gasteiger charge is -2.09. The second-order valence-corrected chi connectivity index (χ2v) is 4.88. The number of hydrogen-bond donors (Lipinski definition) is 2. The van der Waals surface area contributed by atoms with Gasteiger partial charge in [0.1, 0.15) is 5.15 Å². The highest BCUT2D eigenvalue weighted by atomic mass is 35.5. The largest absolute Gasteiger partial charge is 0.416 e. The maximum Gasteiger partial charge on any atom is 0.416 e. The van der Waals surface area contributed by atoms with Crippen LogP contribution in [0.25, 0.3) is 5.69 Å². The van der Waals surface area contributed by atoms with E-state index in [0.29, 0.717) is 11.3 Å². The smallest absolute Gasteiger partial charge is 0.369 e. The van der Waals surface area contributed by atoms with E-state index in [9.17, 15) is 13.2 Å². The van der Waals surface area contributed by atoms with Crippen LogP contribution in [-0.2, 0) is 6.18 Å². The highest BCUT2D eigenvalue weighted by molar-refractivity contribution is 6.32. The van der Waals surface area contributed by atoms with Gasteiger partial charge in [0.25, 0.3) is 0 Å². The van der Waals surface area contributed by atoms with Crippen molar-refractivity contribution in [1.29, 1.82) is 0 Å². The fourth-order valence-corrected chi connectivity index (χ4v) is 2.12. The van der Waals surface area contributed by atoms with Crippen LogP contribution in [0.2, 0.25) is 5.15 Å². The monoisotopic (exact) mass is 344 g/mol. The summed E-state index contributed by atoms with van der Waals surface area (Å²) in [4.78, 5) is 0. The zero-order valence-electron chi connectivity index (χ0n) is 11.8. The predicted octanol–water partition coefficient (Wildman–Crippen LogP) is 2.46. The Morgan fingerprint density at radius 1 is 1.35 bits per heavy atom. The molecule has 0 radical (unpaired) electrons. The number of rotatable bonds is 3. The molecule has 0 saturated heterocycles. The van der Waals surface area contributed by atoms with E-state index < -0.39 is 11.7 Å². The molecule has 1 aromatic heterocycles. The highest BCUT2D eigenvalue weighted by Crippen LogP contribution is 2.31. The fraction of sp³-hybridized carbons (Fsp3) is 0.154. The van der Waals surface area contributed by atoms with Crippen LogP contribution in [-0.4, -0.2) is 22.0 Å². The zero-order valence-corrected chi connectivity index (χ0v) is 12.6. The first-order valence-corrected chi connectivity index (χ1v) is 6.62. The van der Waals surface area contributed by atoms with E-state index in [1.165, 1.54) is 23.0 Å². The summed E-state index contributed by atoms with van der Waals surface area (Å²) < 4.78 is 39.5. The van der Waals surface area contributed by atoms with Crippen molar-refractivity contribution in [3.8, 4) is 5.69 Å². The van der Waals surface area contributed by atoms with Gasteiger partial charge < -0.3 is 11.5 Å². The molecule has 2 aromatic rings. The predicted molar refractivity (Wildman–Crippen MR) is 81.7 cm³/mol. The summed E-state index contributed by atoms with van der Waals surface area (Å²) in [7, 11) is 0. The highest BCUT2D eigenvalue weighted by Gasteiger charge is 2.30. The molecule has 0 aliphatic rings. The van der Waals surface area contributed by atoms with Gasteiger partial charge >= 0.3 is 6.18 Å². The van der Waals surface area contributed by atoms with Gasteiger partial charge in [-0.1, -0.05) is 17.7 Å². The van der Waals surface area contributed by atoms with Gasteiger partial charge in [0.2, 0.25) is 5.96 Å². The van der Waals surface area contributed by atoms with E-state index >= 15 is 0 Å². The van der Waals surface area contributed by atoms with Gasteiger partial charge in [0, 0.05) is 0 Å². The number of hydrogen-bond acceptors (Lipinski definition) is 3. The molecule has 0 amide bonds. The van der Waals surface area contributed by atoms with Crippen molar-refractivity contribution < 1.29 is 13.2 Å². The first kappa shape index (κ1) is 16.8. The van der Waals surface area contributed by atoms with Gasteiger partial charge in [-0.2, -0.15) is 23.4 Å². The van der Waals surface area contributed by atoms with Crippen LogP contribution in [0.15, 0.2) is 34.5 Å². The number of halogens is 4. The van der Waals surface area contributed by atoms with Crippen molar-refractivity contribution in [2.45, 2.75) is 13.1 Å². The van der Waals surface area contributed by atoms with Gasteiger partial charge in [0.15, 0.2) is 0 Å². The molecule has 4 N–H and O–H groups in total. The van der Waals surface area contributed by atoms with Crippen LogP contribution in [0.1, 0.15) is 16.8 Å². The average Bonchev–Trinajstić information content (AvgIpc) is 2.74. The molecule has 0 atom stereocenters. The summed E-state index contributed by atoms with van der Waals surface area (Å²) in [5.74, 6) is -0.236. The average molecular weight is 345 g/mol. The van der Waals surface area contributed by atoms with E-state index in [1.54, 1.807) is 6.92 Å². The summed E-state index contributed by atoms with van der Waals surface area (Å²) >= 11 is 6.16. The Hall–Kier alpha value is -2.55. The molecule has 2 rings (SSSR count).